The first-order chi connectivity index (χ1) is 12.2. The molecule has 1 heterocycles. The summed E-state index contributed by atoms with van der Waals surface area (Å²) in [5.41, 5.74) is 1.70. The molecular formula is C20H31N3O2. The van der Waals surface area contributed by atoms with Crippen LogP contribution in [0, 0.1) is 5.41 Å². The largest absolute Gasteiger partial charge is 0.493 e. The van der Waals surface area contributed by atoms with E-state index in [2.05, 4.69) is 21.3 Å². The number of likely N-dealkylation sites (tertiary alicyclic amines) is 1. The molecule has 0 atom stereocenters. The van der Waals surface area contributed by atoms with Gasteiger partial charge in [0.2, 0.25) is 0 Å². The first-order valence-corrected chi connectivity index (χ1v) is 9.36. The summed E-state index contributed by atoms with van der Waals surface area (Å²) in [6.45, 7) is 3.00. The van der Waals surface area contributed by atoms with Gasteiger partial charge in [-0.1, -0.05) is 25.3 Å². The highest BCUT2D eigenvalue weighted by molar-refractivity contribution is 5.80. The third kappa shape index (κ3) is 4.02. The zero-order valence-electron chi connectivity index (χ0n) is 15.8. The van der Waals surface area contributed by atoms with Gasteiger partial charge >= 0.3 is 0 Å². The van der Waals surface area contributed by atoms with Crippen molar-refractivity contribution in [2.24, 2.45) is 10.4 Å². The molecule has 5 heteroatoms. The SMILES string of the molecule is CN=C(NCc1ccc(OC)c(OC)c1)N1CCC2(CCCCC2)C1. The standard InChI is InChI=1S/C20H31N3O2/c1-21-19(23-12-11-20(15-23)9-5-4-6-10-20)22-14-16-7-8-17(24-2)18(13-16)25-3/h7-8,13H,4-6,9-12,14-15H2,1-3H3,(H,21,22). The Morgan fingerprint density at radius 3 is 2.56 bits per heavy atom. The summed E-state index contributed by atoms with van der Waals surface area (Å²) in [6.07, 6.45) is 8.28. The fourth-order valence-corrected chi connectivity index (χ4v) is 4.33. The maximum Gasteiger partial charge on any atom is 0.193 e. The van der Waals surface area contributed by atoms with Crippen molar-refractivity contribution >= 4 is 5.96 Å². The Morgan fingerprint density at radius 1 is 1.12 bits per heavy atom. The highest BCUT2D eigenvalue weighted by Gasteiger charge is 2.39. The van der Waals surface area contributed by atoms with Crippen LogP contribution >= 0.6 is 0 Å². The molecule has 5 nitrogen and oxygen atoms in total. The molecule has 138 valence electrons. The number of nitrogens with one attached hydrogen (secondary N) is 1. The second-order valence-electron chi connectivity index (χ2n) is 7.32. The van der Waals surface area contributed by atoms with Crippen molar-refractivity contribution in [2.45, 2.75) is 45.1 Å². The molecule has 25 heavy (non-hydrogen) atoms. The van der Waals surface area contributed by atoms with Crippen LogP contribution in [0.4, 0.5) is 0 Å². The predicted molar refractivity (Wildman–Crippen MR) is 101 cm³/mol. The van der Waals surface area contributed by atoms with E-state index >= 15 is 0 Å². The topological polar surface area (TPSA) is 46.1 Å². The highest BCUT2D eigenvalue weighted by atomic mass is 16.5. The maximum absolute atomic E-state index is 5.39. The van der Waals surface area contributed by atoms with E-state index in [1.807, 2.05) is 19.2 Å². The summed E-state index contributed by atoms with van der Waals surface area (Å²) in [4.78, 5) is 6.95. The molecule has 1 aliphatic carbocycles. The summed E-state index contributed by atoms with van der Waals surface area (Å²) in [6, 6.07) is 6.03. The summed E-state index contributed by atoms with van der Waals surface area (Å²) in [7, 11) is 5.21. The smallest absolute Gasteiger partial charge is 0.193 e. The van der Waals surface area contributed by atoms with Crippen molar-refractivity contribution in [3.63, 3.8) is 0 Å². The van der Waals surface area contributed by atoms with E-state index in [-0.39, 0.29) is 0 Å². The Morgan fingerprint density at radius 2 is 1.88 bits per heavy atom. The third-order valence-electron chi connectivity index (χ3n) is 5.76. The molecular weight excluding hydrogens is 314 g/mol. The number of hydrogen-bond acceptors (Lipinski definition) is 3. The van der Waals surface area contributed by atoms with Crippen molar-refractivity contribution in [2.75, 3.05) is 34.4 Å². The zero-order valence-corrected chi connectivity index (χ0v) is 15.8. The van der Waals surface area contributed by atoms with Crippen molar-refractivity contribution < 1.29 is 9.47 Å². The van der Waals surface area contributed by atoms with E-state index < -0.39 is 0 Å². The number of ether oxygens (including phenoxy) is 2. The molecule has 1 aliphatic heterocycles. The Labute approximate surface area is 151 Å². The Kier molecular flexibility index (Phi) is 5.71. The van der Waals surface area contributed by atoms with Gasteiger partial charge in [-0.2, -0.15) is 0 Å². The quantitative estimate of drug-likeness (QED) is 0.671. The lowest BCUT2D eigenvalue weighted by atomic mass is 9.73. The van der Waals surface area contributed by atoms with Gasteiger partial charge in [0.15, 0.2) is 17.5 Å². The minimum absolute atomic E-state index is 0.541. The number of nitrogens with zero attached hydrogens (tertiary/aromatic N) is 2. The molecule has 1 saturated heterocycles. The summed E-state index contributed by atoms with van der Waals surface area (Å²) in [5.74, 6) is 2.53. The average molecular weight is 345 g/mol. The minimum atomic E-state index is 0.541. The van der Waals surface area contributed by atoms with Crippen molar-refractivity contribution in [1.29, 1.82) is 0 Å². The second-order valence-corrected chi connectivity index (χ2v) is 7.32. The molecule has 1 aromatic carbocycles. The average Bonchev–Trinajstić information content (AvgIpc) is 3.05. The molecule has 1 spiro atoms. The van der Waals surface area contributed by atoms with E-state index in [1.165, 1.54) is 38.5 Å². The van der Waals surface area contributed by atoms with Crippen LogP contribution in [0.2, 0.25) is 0 Å². The number of hydrogen-bond donors (Lipinski definition) is 1. The van der Waals surface area contributed by atoms with Gasteiger partial charge in [0.05, 0.1) is 14.2 Å². The van der Waals surface area contributed by atoms with E-state index in [1.54, 1.807) is 14.2 Å². The lowest BCUT2D eigenvalue weighted by Crippen LogP contribution is -2.41. The Hall–Kier alpha value is -1.91. The molecule has 2 aliphatic rings. The highest BCUT2D eigenvalue weighted by Crippen LogP contribution is 2.43. The normalized spacial score (nSPS) is 20.0. The molecule has 0 bridgehead atoms. The summed E-state index contributed by atoms with van der Waals surface area (Å²) >= 11 is 0. The van der Waals surface area contributed by atoms with Crippen LogP contribution in [-0.4, -0.2) is 45.2 Å². The van der Waals surface area contributed by atoms with Gasteiger partial charge in [-0.05, 0) is 42.4 Å². The van der Waals surface area contributed by atoms with E-state index in [0.717, 1.165) is 42.7 Å². The van der Waals surface area contributed by atoms with E-state index in [4.69, 9.17) is 9.47 Å². The van der Waals surface area contributed by atoms with E-state index in [9.17, 15) is 0 Å². The van der Waals surface area contributed by atoms with Crippen molar-refractivity contribution in [3.8, 4) is 11.5 Å². The molecule has 0 aromatic heterocycles. The van der Waals surface area contributed by atoms with Crippen LogP contribution in [0.25, 0.3) is 0 Å². The molecule has 1 saturated carbocycles. The molecule has 0 amide bonds. The molecule has 1 aromatic rings. The van der Waals surface area contributed by atoms with Crippen LogP contribution in [-0.2, 0) is 6.54 Å². The molecule has 0 unspecified atom stereocenters. The number of aliphatic imine (C=N–C) groups is 1. The van der Waals surface area contributed by atoms with E-state index in [0.29, 0.717) is 5.41 Å². The monoisotopic (exact) mass is 345 g/mol. The fraction of sp³-hybridized carbons (Fsp3) is 0.650. The Bertz CT molecular complexity index is 609. The third-order valence-corrected chi connectivity index (χ3v) is 5.76. The number of benzene rings is 1. The first-order valence-electron chi connectivity index (χ1n) is 9.36. The minimum Gasteiger partial charge on any atom is -0.493 e. The second kappa shape index (κ2) is 7.98. The van der Waals surface area contributed by atoms with Gasteiger partial charge in [-0.3, -0.25) is 4.99 Å². The van der Waals surface area contributed by atoms with Gasteiger partial charge < -0.3 is 19.7 Å². The Balaban J connectivity index is 1.60. The predicted octanol–water partition coefficient (Wildman–Crippen LogP) is 3.44. The van der Waals surface area contributed by atoms with Crippen LogP contribution in [0.1, 0.15) is 44.1 Å². The number of methoxy groups -OCH3 is 2. The number of rotatable bonds is 4. The lowest BCUT2D eigenvalue weighted by Gasteiger charge is -2.33. The number of guanidine groups is 1. The van der Waals surface area contributed by atoms with Crippen molar-refractivity contribution in [3.05, 3.63) is 23.8 Å². The molecule has 0 radical (unpaired) electrons. The van der Waals surface area contributed by atoms with Crippen LogP contribution in [0.5, 0.6) is 11.5 Å². The van der Waals surface area contributed by atoms with Crippen LogP contribution < -0.4 is 14.8 Å². The maximum atomic E-state index is 5.39. The summed E-state index contributed by atoms with van der Waals surface area (Å²) in [5, 5.41) is 3.52. The molecule has 2 fully saturated rings. The zero-order chi connectivity index (χ0) is 17.7. The van der Waals surface area contributed by atoms with Crippen LogP contribution in [0.15, 0.2) is 23.2 Å². The lowest BCUT2D eigenvalue weighted by molar-refractivity contribution is 0.203. The fourth-order valence-electron chi connectivity index (χ4n) is 4.33. The summed E-state index contributed by atoms with van der Waals surface area (Å²) < 4.78 is 10.7. The van der Waals surface area contributed by atoms with Crippen LogP contribution in [0.3, 0.4) is 0 Å². The van der Waals surface area contributed by atoms with Gasteiger partial charge in [0.25, 0.3) is 0 Å². The van der Waals surface area contributed by atoms with Gasteiger partial charge in [0, 0.05) is 26.7 Å². The molecule has 1 N–H and O–H groups in total. The van der Waals surface area contributed by atoms with Gasteiger partial charge in [-0.15, -0.1) is 0 Å². The van der Waals surface area contributed by atoms with Crippen molar-refractivity contribution in [1.82, 2.24) is 10.2 Å². The molecule has 3 rings (SSSR count). The first kappa shape index (κ1) is 17.9. The van der Waals surface area contributed by atoms with Gasteiger partial charge in [-0.25, -0.2) is 0 Å². The van der Waals surface area contributed by atoms with Gasteiger partial charge in [0.1, 0.15) is 0 Å².